The number of carbonyl (C=O) groups is 1. The van der Waals surface area contributed by atoms with E-state index in [1.165, 1.54) is 19.4 Å². The smallest absolute Gasteiger partial charge is 0.261 e. The standard InChI is InChI=1S/C21H28N2O3/c1-25-18-4-3-5-19(26-2)20(18)21(24)23-10-8-22(9-11-23)14-17-13-15-6-7-16(17)12-15/h3-7,15-17H,8-14H2,1-2H3/p+1/t15-,16-,17-/m0/s1. The van der Waals surface area contributed by atoms with Gasteiger partial charge in [0, 0.05) is 5.92 Å². The first-order chi connectivity index (χ1) is 12.7. The molecule has 1 heterocycles. The molecule has 3 aliphatic rings. The molecule has 2 fully saturated rings. The molecule has 4 rings (SSSR count). The highest BCUT2D eigenvalue weighted by Crippen LogP contribution is 2.42. The number of carbonyl (C=O) groups excluding carboxylic acids is 1. The first kappa shape index (κ1) is 17.4. The van der Waals surface area contributed by atoms with E-state index >= 15 is 0 Å². The molecule has 1 aromatic rings. The molecule has 1 saturated carbocycles. The van der Waals surface area contributed by atoms with Crippen LogP contribution in [-0.4, -0.2) is 57.8 Å². The summed E-state index contributed by atoms with van der Waals surface area (Å²) in [6, 6.07) is 5.49. The summed E-state index contributed by atoms with van der Waals surface area (Å²) in [5.74, 6) is 3.67. The maximum absolute atomic E-state index is 13.1. The summed E-state index contributed by atoms with van der Waals surface area (Å²) >= 11 is 0. The number of nitrogens with one attached hydrogen (secondary N) is 1. The number of hydrogen-bond donors (Lipinski definition) is 1. The molecular weight excluding hydrogens is 328 g/mol. The average Bonchev–Trinajstić information content (AvgIpc) is 3.30. The van der Waals surface area contributed by atoms with Crippen LogP contribution in [-0.2, 0) is 0 Å². The second kappa shape index (κ2) is 7.31. The zero-order chi connectivity index (χ0) is 18.1. The fourth-order valence-electron chi connectivity index (χ4n) is 4.95. The summed E-state index contributed by atoms with van der Waals surface area (Å²) in [6.07, 6.45) is 7.58. The Morgan fingerprint density at radius 3 is 2.35 bits per heavy atom. The highest BCUT2D eigenvalue weighted by atomic mass is 16.5. The fraction of sp³-hybridized carbons (Fsp3) is 0.571. The van der Waals surface area contributed by atoms with Crippen molar-refractivity contribution in [2.45, 2.75) is 12.8 Å². The molecule has 0 unspecified atom stereocenters. The van der Waals surface area contributed by atoms with E-state index in [9.17, 15) is 4.79 Å². The van der Waals surface area contributed by atoms with Crippen LogP contribution in [0.4, 0.5) is 0 Å². The number of rotatable bonds is 5. The maximum Gasteiger partial charge on any atom is 0.261 e. The summed E-state index contributed by atoms with van der Waals surface area (Å²) in [4.78, 5) is 16.7. The molecule has 5 nitrogen and oxygen atoms in total. The molecule has 0 aromatic heterocycles. The SMILES string of the molecule is COc1cccc(OC)c1C(=O)N1CC[NH+](C[C@@H]2C[C@H]3C=C[C@H]2C3)CC1. The second-order valence-electron chi connectivity index (χ2n) is 7.82. The second-order valence-corrected chi connectivity index (χ2v) is 7.82. The van der Waals surface area contributed by atoms with Crippen LogP contribution >= 0.6 is 0 Å². The molecule has 5 heteroatoms. The van der Waals surface area contributed by atoms with E-state index in [0.29, 0.717) is 17.1 Å². The molecule has 1 saturated heterocycles. The number of benzene rings is 1. The number of allylic oxidation sites excluding steroid dienone is 2. The van der Waals surface area contributed by atoms with Gasteiger partial charge >= 0.3 is 0 Å². The molecule has 0 radical (unpaired) electrons. The van der Waals surface area contributed by atoms with Crippen LogP contribution in [0.15, 0.2) is 30.4 Å². The van der Waals surface area contributed by atoms with Gasteiger partial charge in [-0.15, -0.1) is 0 Å². The Morgan fingerprint density at radius 2 is 1.81 bits per heavy atom. The van der Waals surface area contributed by atoms with Gasteiger partial charge in [-0.1, -0.05) is 18.2 Å². The molecule has 3 atom stereocenters. The Bertz CT molecular complexity index is 672. The molecule has 1 amide bonds. The third-order valence-corrected chi connectivity index (χ3v) is 6.37. The molecule has 1 aromatic carbocycles. The van der Waals surface area contributed by atoms with E-state index in [4.69, 9.17) is 9.47 Å². The van der Waals surface area contributed by atoms with E-state index in [0.717, 1.165) is 43.9 Å². The Kier molecular flexibility index (Phi) is 4.90. The molecule has 2 aliphatic carbocycles. The highest BCUT2D eigenvalue weighted by molar-refractivity contribution is 5.99. The lowest BCUT2D eigenvalue weighted by Gasteiger charge is -2.34. The lowest BCUT2D eigenvalue weighted by molar-refractivity contribution is -0.907. The fourth-order valence-corrected chi connectivity index (χ4v) is 4.95. The molecule has 26 heavy (non-hydrogen) atoms. The van der Waals surface area contributed by atoms with Crippen molar-refractivity contribution < 1.29 is 19.2 Å². The Balaban J connectivity index is 1.37. The van der Waals surface area contributed by atoms with Crippen molar-refractivity contribution in [3.8, 4) is 11.5 Å². The number of hydrogen-bond acceptors (Lipinski definition) is 3. The molecule has 1 N–H and O–H groups in total. The zero-order valence-corrected chi connectivity index (χ0v) is 15.7. The number of amides is 1. The predicted molar refractivity (Wildman–Crippen MR) is 99.9 cm³/mol. The third kappa shape index (κ3) is 3.20. The van der Waals surface area contributed by atoms with Gasteiger partial charge < -0.3 is 19.3 Å². The van der Waals surface area contributed by atoms with Crippen molar-refractivity contribution in [1.82, 2.24) is 4.90 Å². The Morgan fingerprint density at radius 1 is 1.12 bits per heavy atom. The van der Waals surface area contributed by atoms with E-state index < -0.39 is 0 Å². The number of piperazine rings is 1. The van der Waals surface area contributed by atoms with Crippen LogP contribution in [0, 0.1) is 17.8 Å². The van der Waals surface area contributed by atoms with Crippen LogP contribution in [0.3, 0.4) is 0 Å². The minimum Gasteiger partial charge on any atom is -0.496 e. The lowest BCUT2D eigenvalue weighted by Crippen LogP contribution is -3.15. The number of quaternary nitrogens is 1. The van der Waals surface area contributed by atoms with Gasteiger partial charge in [-0.2, -0.15) is 0 Å². The van der Waals surface area contributed by atoms with Crippen LogP contribution < -0.4 is 14.4 Å². The van der Waals surface area contributed by atoms with Crippen molar-refractivity contribution in [2.75, 3.05) is 46.9 Å². The first-order valence-electron chi connectivity index (χ1n) is 9.71. The highest BCUT2D eigenvalue weighted by Gasteiger charge is 2.38. The van der Waals surface area contributed by atoms with E-state index in [1.807, 2.05) is 23.1 Å². The molecule has 140 valence electrons. The van der Waals surface area contributed by atoms with E-state index in [2.05, 4.69) is 12.2 Å². The van der Waals surface area contributed by atoms with E-state index in [1.54, 1.807) is 19.1 Å². The number of fused-ring (bicyclic) bond motifs is 2. The zero-order valence-electron chi connectivity index (χ0n) is 15.7. The van der Waals surface area contributed by atoms with Crippen LogP contribution in [0.5, 0.6) is 11.5 Å². The number of nitrogens with zero attached hydrogens (tertiary/aromatic N) is 1. The monoisotopic (exact) mass is 357 g/mol. The maximum atomic E-state index is 13.1. The summed E-state index contributed by atoms with van der Waals surface area (Å²) in [5.41, 5.74) is 0.541. The molecule has 0 spiro atoms. The van der Waals surface area contributed by atoms with Gasteiger partial charge in [0.2, 0.25) is 0 Å². The summed E-state index contributed by atoms with van der Waals surface area (Å²) < 4.78 is 10.8. The first-order valence-corrected chi connectivity index (χ1v) is 9.71. The minimum absolute atomic E-state index is 0.0150. The predicted octanol–water partition coefficient (Wildman–Crippen LogP) is 1.26. The van der Waals surface area contributed by atoms with Crippen molar-refractivity contribution in [1.29, 1.82) is 0 Å². The van der Waals surface area contributed by atoms with Crippen molar-refractivity contribution >= 4 is 5.91 Å². The summed E-state index contributed by atoms with van der Waals surface area (Å²) in [5, 5.41) is 0. The van der Waals surface area contributed by atoms with Crippen molar-refractivity contribution in [3.05, 3.63) is 35.9 Å². The van der Waals surface area contributed by atoms with Gasteiger partial charge in [0.05, 0.1) is 46.9 Å². The van der Waals surface area contributed by atoms with Gasteiger partial charge in [-0.3, -0.25) is 4.79 Å². The van der Waals surface area contributed by atoms with Crippen LogP contribution in [0.25, 0.3) is 0 Å². The van der Waals surface area contributed by atoms with Gasteiger partial charge in [-0.25, -0.2) is 0 Å². The summed E-state index contributed by atoms with van der Waals surface area (Å²) in [7, 11) is 3.19. The lowest BCUT2D eigenvalue weighted by atomic mass is 9.93. The van der Waals surface area contributed by atoms with Gasteiger partial charge in [0.15, 0.2) is 0 Å². The summed E-state index contributed by atoms with van der Waals surface area (Å²) in [6.45, 7) is 4.91. The third-order valence-electron chi connectivity index (χ3n) is 6.37. The normalized spacial score (nSPS) is 27.8. The largest absolute Gasteiger partial charge is 0.496 e. The molecule has 2 bridgehead atoms. The number of ether oxygens (including phenoxy) is 2. The number of methoxy groups -OCH3 is 2. The quantitative estimate of drug-likeness (QED) is 0.807. The molecule has 1 aliphatic heterocycles. The van der Waals surface area contributed by atoms with Gasteiger partial charge in [0.1, 0.15) is 17.1 Å². The van der Waals surface area contributed by atoms with E-state index in [-0.39, 0.29) is 5.91 Å². The Labute approximate surface area is 155 Å². The van der Waals surface area contributed by atoms with Gasteiger partial charge in [0.25, 0.3) is 5.91 Å². The van der Waals surface area contributed by atoms with Crippen LogP contribution in [0.2, 0.25) is 0 Å². The van der Waals surface area contributed by atoms with Crippen molar-refractivity contribution in [2.24, 2.45) is 17.8 Å². The van der Waals surface area contributed by atoms with Crippen molar-refractivity contribution in [3.63, 3.8) is 0 Å². The van der Waals surface area contributed by atoms with Gasteiger partial charge in [-0.05, 0) is 36.8 Å². The average molecular weight is 357 g/mol. The Hall–Kier alpha value is -2.01. The minimum atomic E-state index is 0.0150. The topological polar surface area (TPSA) is 43.2 Å². The molecular formula is C21H29N2O3+. The van der Waals surface area contributed by atoms with Crippen LogP contribution in [0.1, 0.15) is 23.2 Å².